The third kappa shape index (κ3) is 5.50. The van der Waals surface area contributed by atoms with E-state index in [4.69, 9.17) is 8.94 Å². The summed E-state index contributed by atoms with van der Waals surface area (Å²) in [5.41, 5.74) is 2.97. The van der Waals surface area contributed by atoms with Crippen LogP contribution in [0.4, 0.5) is 0 Å². The van der Waals surface area contributed by atoms with Crippen LogP contribution in [-0.2, 0) is 11.2 Å². The Morgan fingerprint density at radius 1 is 1.15 bits per heavy atom. The van der Waals surface area contributed by atoms with Gasteiger partial charge in [0.05, 0.1) is 6.26 Å². The Hall–Kier alpha value is -3.42. The zero-order valence-corrected chi connectivity index (χ0v) is 19.3. The smallest absolute Gasteiger partial charge is 0.287 e. The number of carbonyl (C=O) groups excluding carboxylic acids is 2. The van der Waals surface area contributed by atoms with E-state index in [2.05, 4.69) is 41.4 Å². The average molecular weight is 451 g/mol. The van der Waals surface area contributed by atoms with Crippen molar-refractivity contribution >= 4 is 11.8 Å². The molecule has 1 aliphatic heterocycles. The van der Waals surface area contributed by atoms with Crippen LogP contribution in [0.3, 0.4) is 0 Å². The van der Waals surface area contributed by atoms with E-state index in [9.17, 15) is 9.59 Å². The van der Waals surface area contributed by atoms with Gasteiger partial charge in [-0.15, -0.1) is 0 Å². The number of nitrogens with zero attached hydrogens (tertiary/aromatic N) is 3. The second-order valence-corrected chi connectivity index (χ2v) is 8.85. The fourth-order valence-corrected chi connectivity index (χ4v) is 3.99. The van der Waals surface area contributed by atoms with Crippen LogP contribution in [0, 0.1) is 6.92 Å². The number of hydrogen-bond donors (Lipinski definition) is 1. The molecule has 0 bridgehead atoms. The van der Waals surface area contributed by atoms with E-state index in [0.29, 0.717) is 62.2 Å². The van der Waals surface area contributed by atoms with Crippen molar-refractivity contribution in [3.8, 4) is 11.4 Å². The predicted octanol–water partition coefficient (Wildman–Crippen LogP) is 4.12. The molecular formula is C25H30N4O4. The van der Waals surface area contributed by atoms with E-state index in [1.54, 1.807) is 6.07 Å². The highest BCUT2D eigenvalue weighted by molar-refractivity contribution is 5.93. The molecule has 33 heavy (non-hydrogen) atoms. The van der Waals surface area contributed by atoms with Gasteiger partial charge in [0.2, 0.25) is 17.6 Å². The lowest BCUT2D eigenvalue weighted by Crippen LogP contribution is -2.46. The first-order valence-electron chi connectivity index (χ1n) is 11.5. The molecule has 0 atom stereocenters. The highest BCUT2D eigenvalue weighted by Crippen LogP contribution is 2.21. The largest absolute Gasteiger partial charge is 0.459 e. The fourth-order valence-electron chi connectivity index (χ4n) is 3.99. The van der Waals surface area contributed by atoms with Crippen molar-refractivity contribution in [3.05, 3.63) is 59.4 Å². The lowest BCUT2D eigenvalue weighted by Gasteiger charge is -2.32. The summed E-state index contributed by atoms with van der Waals surface area (Å²) < 4.78 is 10.6. The van der Waals surface area contributed by atoms with Crippen LogP contribution < -0.4 is 5.32 Å². The number of furan rings is 1. The van der Waals surface area contributed by atoms with Gasteiger partial charge in [-0.05, 0) is 37.3 Å². The number of benzene rings is 1. The molecule has 174 valence electrons. The lowest BCUT2D eigenvalue weighted by atomic mass is 10.0. The third-order valence-corrected chi connectivity index (χ3v) is 6.11. The fraction of sp³-hybridized carbons (Fsp3) is 0.440. The molecule has 1 aromatic carbocycles. The van der Waals surface area contributed by atoms with Gasteiger partial charge in [-0.1, -0.05) is 43.3 Å². The standard InChI is InChI=1S/C25H30N4O4/c1-16(2)18-4-6-19(7-5-18)24-27-21(33-28-24)8-9-22(30)29-13-10-20(11-14-29)26-25(31)23-17(3)12-15-32-23/h4-7,12,15-16,20H,8-11,13-14H2,1-3H3,(H,26,31). The van der Waals surface area contributed by atoms with Crippen LogP contribution in [-0.4, -0.2) is 46.0 Å². The second-order valence-electron chi connectivity index (χ2n) is 8.85. The Morgan fingerprint density at radius 3 is 2.52 bits per heavy atom. The maximum Gasteiger partial charge on any atom is 0.287 e. The van der Waals surface area contributed by atoms with Gasteiger partial charge in [-0.25, -0.2) is 0 Å². The number of hydrogen-bond acceptors (Lipinski definition) is 6. The van der Waals surface area contributed by atoms with Crippen molar-refractivity contribution in [2.45, 2.75) is 58.4 Å². The van der Waals surface area contributed by atoms with Crippen LogP contribution in [0.5, 0.6) is 0 Å². The summed E-state index contributed by atoms with van der Waals surface area (Å²) in [6.07, 6.45) is 3.67. The lowest BCUT2D eigenvalue weighted by molar-refractivity contribution is -0.132. The van der Waals surface area contributed by atoms with E-state index >= 15 is 0 Å². The Labute approximate surface area is 193 Å². The van der Waals surface area contributed by atoms with Crippen LogP contribution >= 0.6 is 0 Å². The van der Waals surface area contributed by atoms with Crippen molar-refractivity contribution in [2.75, 3.05) is 13.1 Å². The molecule has 0 radical (unpaired) electrons. The number of piperidine rings is 1. The zero-order valence-electron chi connectivity index (χ0n) is 19.3. The molecule has 0 aliphatic carbocycles. The Morgan fingerprint density at radius 2 is 1.88 bits per heavy atom. The van der Waals surface area contributed by atoms with Crippen molar-refractivity contribution in [3.63, 3.8) is 0 Å². The van der Waals surface area contributed by atoms with Gasteiger partial charge in [-0.2, -0.15) is 4.98 Å². The Bertz CT molecular complexity index is 1090. The van der Waals surface area contributed by atoms with Crippen LogP contribution in [0.25, 0.3) is 11.4 Å². The summed E-state index contributed by atoms with van der Waals surface area (Å²) in [5, 5.41) is 7.06. The molecule has 0 saturated carbocycles. The number of carbonyl (C=O) groups is 2. The summed E-state index contributed by atoms with van der Waals surface area (Å²) in [5.74, 6) is 1.67. The molecule has 1 N–H and O–H groups in total. The second kappa shape index (κ2) is 10.0. The molecule has 1 aliphatic rings. The summed E-state index contributed by atoms with van der Waals surface area (Å²) in [7, 11) is 0. The summed E-state index contributed by atoms with van der Waals surface area (Å²) in [6, 6.07) is 9.93. The molecule has 0 unspecified atom stereocenters. The van der Waals surface area contributed by atoms with Crippen molar-refractivity contribution < 1.29 is 18.5 Å². The SMILES string of the molecule is Cc1ccoc1C(=O)NC1CCN(C(=O)CCc2nc(-c3ccc(C(C)C)cc3)no2)CC1. The maximum atomic E-state index is 12.6. The summed E-state index contributed by atoms with van der Waals surface area (Å²) in [4.78, 5) is 31.2. The van der Waals surface area contributed by atoms with Gasteiger partial charge in [0.15, 0.2) is 5.76 Å². The topological polar surface area (TPSA) is 101 Å². The van der Waals surface area contributed by atoms with Crippen molar-refractivity contribution in [1.29, 1.82) is 0 Å². The van der Waals surface area contributed by atoms with E-state index < -0.39 is 0 Å². The molecule has 1 fully saturated rings. The quantitative estimate of drug-likeness (QED) is 0.581. The first kappa shape index (κ1) is 22.8. The minimum Gasteiger partial charge on any atom is -0.459 e. The van der Waals surface area contributed by atoms with Gasteiger partial charge in [0.25, 0.3) is 5.91 Å². The Kier molecular flexibility index (Phi) is 6.91. The molecule has 8 nitrogen and oxygen atoms in total. The normalized spacial score (nSPS) is 14.6. The Balaban J connectivity index is 1.23. The molecule has 4 rings (SSSR count). The van der Waals surface area contributed by atoms with E-state index in [1.807, 2.05) is 24.0 Å². The summed E-state index contributed by atoms with van der Waals surface area (Å²) >= 11 is 0. The van der Waals surface area contributed by atoms with Gasteiger partial charge in [0, 0.05) is 43.1 Å². The van der Waals surface area contributed by atoms with Crippen molar-refractivity contribution in [1.82, 2.24) is 20.4 Å². The van der Waals surface area contributed by atoms with E-state index in [-0.39, 0.29) is 17.9 Å². The highest BCUT2D eigenvalue weighted by Gasteiger charge is 2.25. The number of aromatic nitrogens is 2. The van der Waals surface area contributed by atoms with Crippen LogP contribution in [0.1, 0.15) is 66.6 Å². The molecule has 1 saturated heterocycles. The molecule has 0 spiro atoms. The van der Waals surface area contributed by atoms with Gasteiger partial charge in [-0.3, -0.25) is 9.59 Å². The first-order valence-corrected chi connectivity index (χ1v) is 11.5. The average Bonchev–Trinajstić information content (AvgIpc) is 3.47. The number of amides is 2. The molecule has 3 heterocycles. The molecule has 2 aromatic heterocycles. The number of rotatable bonds is 7. The van der Waals surface area contributed by atoms with Gasteiger partial charge >= 0.3 is 0 Å². The highest BCUT2D eigenvalue weighted by atomic mass is 16.5. The summed E-state index contributed by atoms with van der Waals surface area (Å²) in [6.45, 7) is 7.36. The number of nitrogens with one attached hydrogen (secondary N) is 1. The monoisotopic (exact) mass is 450 g/mol. The van der Waals surface area contributed by atoms with Crippen LogP contribution in [0.15, 0.2) is 45.5 Å². The molecular weight excluding hydrogens is 420 g/mol. The van der Waals surface area contributed by atoms with Crippen LogP contribution in [0.2, 0.25) is 0 Å². The third-order valence-electron chi connectivity index (χ3n) is 6.11. The minimum absolute atomic E-state index is 0.0339. The van der Waals surface area contributed by atoms with E-state index in [0.717, 1.165) is 11.1 Å². The number of aryl methyl sites for hydroxylation is 2. The number of likely N-dealkylation sites (tertiary alicyclic amines) is 1. The predicted molar refractivity (Wildman–Crippen MR) is 123 cm³/mol. The minimum atomic E-state index is -0.201. The van der Waals surface area contributed by atoms with Crippen molar-refractivity contribution in [2.24, 2.45) is 0 Å². The zero-order chi connectivity index (χ0) is 23.4. The van der Waals surface area contributed by atoms with Gasteiger partial charge < -0.3 is 19.2 Å². The first-order chi connectivity index (χ1) is 15.9. The molecule has 3 aromatic rings. The maximum absolute atomic E-state index is 12.6. The molecule has 2 amide bonds. The van der Waals surface area contributed by atoms with Gasteiger partial charge in [0.1, 0.15) is 0 Å². The molecule has 8 heteroatoms. The van der Waals surface area contributed by atoms with E-state index in [1.165, 1.54) is 11.8 Å².